The molecular formula is C35H33ClN2O10. The summed E-state index contributed by atoms with van der Waals surface area (Å²) < 4.78 is 35.0. The SMILES string of the molecule is COC(=O)c1c(-c2cc(OC)c(OC)c(OC)c2)c2cc(OC)c(OCc3cccc(C(=O)O)c3)cc2c(=O)n1-c1ccc(N)cc1.Cl. The molecule has 0 atom stereocenters. The van der Waals surface area contributed by atoms with Gasteiger partial charge in [0.25, 0.3) is 5.56 Å². The zero-order valence-electron chi connectivity index (χ0n) is 26.7. The van der Waals surface area contributed by atoms with E-state index >= 15 is 0 Å². The largest absolute Gasteiger partial charge is 0.493 e. The van der Waals surface area contributed by atoms with E-state index < -0.39 is 17.5 Å². The number of benzene rings is 4. The molecule has 0 radical (unpaired) electrons. The predicted molar refractivity (Wildman–Crippen MR) is 182 cm³/mol. The van der Waals surface area contributed by atoms with Crippen molar-refractivity contribution in [3.05, 3.63) is 100.0 Å². The fourth-order valence-electron chi connectivity index (χ4n) is 5.31. The lowest BCUT2D eigenvalue weighted by Crippen LogP contribution is -2.27. The topological polar surface area (TPSA) is 158 Å². The highest BCUT2D eigenvalue weighted by Gasteiger charge is 2.28. The normalized spacial score (nSPS) is 10.5. The molecule has 4 aromatic carbocycles. The van der Waals surface area contributed by atoms with E-state index in [4.69, 9.17) is 34.2 Å². The first kappa shape index (κ1) is 35.0. The summed E-state index contributed by atoms with van der Waals surface area (Å²) in [7, 11) is 7.07. The molecule has 0 amide bonds. The van der Waals surface area contributed by atoms with Crippen molar-refractivity contribution in [2.45, 2.75) is 6.61 Å². The molecule has 0 unspecified atom stereocenters. The molecule has 0 saturated heterocycles. The number of carbonyl (C=O) groups excluding carboxylic acids is 1. The van der Waals surface area contributed by atoms with Gasteiger partial charge in [-0.3, -0.25) is 9.36 Å². The molecule has 0 aliphatic rings. The van der Waals surface area contributed by atoms with Crippen molar-refractivity contribution in [1.29, 1.82) is 0 Å². The van der Waals surface area contributed by atoms with Crippen LogP contribution >= 0.6 is 12.4 Å². The quantitative estimate of drug-likeness (QED) is 0.129. The Balaban J connectivity index is 0.00000520. The van der Waals surface area contributed by atoms with E-state index in [1.807, 2.05) is 0 Å². The van der Waals surface area contributed by atoms with E-state index in [1.54, 1.807) is 54.6 Å². The van der Waals surface area contributed by atoms with Crippen molar-refractivity contribution in [3.8, 4) is 45.6 Å². The van der Waals surface area contributed by atoms with Crippen molar-refractivity contribution in [2.24, 2.45) is 0 Å². The molecule has 3 N–H and O–H groups in total. The Morgan fingerprint density at radius 1 is 0.771 bits per heavy atom. The number of nitrogen functional groups attached to an aromatic ring is 1. The summed E-state index contributed by atoms with van der Waals surface area (Å²) in [6.45, 7) is -0.0187. The number of carbonyl (C=O) groups is 2. The summed E-state index contributed by atoms with van der Waals surface area (Å²) in [6, 6.07) is 19.2. The fraction of sp³-hybridized carbons (Fsp3) is 0.171. The van der Waals surface area contributed by atoms with Gasteiger partial charge in [0.1, 0.15) is 12.3 Å². The van der Waals surface area contributed by atoms with E-state index in [0.29, 0.717) is 50.7 Å². The molecule has 5 rings (SSSR count). The summed E-state index contributed by atoms with van der Waals surface area (Å²) >= 11 is 0. The molecule has 0 aliphatic heterocycles. The molecule has 13 heteroatoms. The number of pyridine rings is 1. The maximum Gasteiger partial charge on any atom is 0.355 e. The average Bonchev–Trinajstić information content (AvgIpc) is 3.09. The zero-order chi connectivity index (χ0) is 33.8. The van der Waals surface area contributed by atoms with Crippen molar-refractivity contribution in [2.75, 3.05) is 41.3 Å². The fourth-order valence-corrected chi connectivity index (χ4v) is 5.31. The van der Waals surface area contributed by atoms with Crippen molar-refractivity contribution in [3.63, 3.8) is 0 Å². The molecule has 0 fully saturated rings. The molecule has 0 spiro atoms. The van der Waals surface area contributed by atoms with Gasteiger partial charge in [0.2, 0.25) is 5.75 Å². The van der Waals surface area contributed by atoms with E-state index in [0.717, 1.165) is 0 Å². The van der Waals surface area contributed by atoms with Crippen molar-refractivity contribution < 1.29 is 43.1 Å². The smallest absolute Gasteiger partial charge is 0.355 e. The van der Waals surface area contributed by atoms with Crippen molar-refractivity contribution in [1.82, 2.24) is 4.57 Å². The third-order valence-corrected chi connectivity index (χ3v) is 7.52. The summed E-state index contributed by atoms with van der Waals surface area (Å²) in [5, 5.41) is 9.91. The van der Waals surface area contributed by atoms with Crippen LogP contribution in [0.2, 0.25) is 0 Å². The van der Waals surface area contributed by atoms with Gasteiger partial charge in [-0.1, -0.05) is 12.1 Å². The van der Waals surface area contributed by atoms with E-state index in [9.17, 15) is 19.5 Å². The maximum atomic E-state index is 14.4. The van der Waals surface area contributed by atoms with Crippen LogP contribution in [-0.4, -0.2) is 57.2 Å². The number of hydrogen-bond acceptors (Lipinski definition) is 10. The van der Waals surface area contributed by atoms with Gasteiger partial charge < -0.3 is 39.3 Å². The van der Waals surface area contributed by atoms with Crippen LogP contribution in [0, 0.1) is 0 Å². The maximum absolute atomic E-state index is 14.4. The van der Waals surface area contributed by atoms with Crippen LogP contribution in [0.3, 0.4) is 0 Å². The number of nitrogens with zero attached hydrogens (tertiary/aromatic N) is 1. The number of carboxylic acid groups (broad SMARTS) is 1. The average molecular weight is 677 g/mol. The molecule has 250 valence electrons. The Bertz CT molecular complexity index is 2030. The minimum absolute atomic E-state index is 0. The number of rotatable bonds is 11. The number of nitrogens with two attached hydrogens (primary N) is 1. The van der Waals surface area contributed by atoms with Gasteiger partial charge in [0.05, 0.1) is 46.5 Å². The van der Waals surface area contributed by atoms with Crippen LogP contribution in [0.15, 0.2) is 77.6 Å². The van der Waals surface area contributed by atoms with Crippen LogP contribution in [0.1, 0.15) is 26.4 Å². The lowest BCUT2D eigenvalue weighted by Gasteiger charge is -2.21. The van der Waals surface area contributed by atoms with Crippen LogP contribution in [-0.2, 0) is 11.3 Å². The zero-order valence-corrected chi connectivity index (χ0v) is 27.5. The third kappa shape index (κ3) is 6.51. The number of methoxy groups -OCH3 is 5. The second-order valence-corrected chi connectivity index (χ2v) is 10.2. The predicted octanol–water partition coefficient (Wildman–Crippen LogP) is 5.76. The van der Waals surface area contributed by atoms with Gasteiger partial charge in [0, 0.05) is 22.3 Å². The van der Waals surface area contributed by atoms with Gasteiger partial charge in [-0.15, -0.1) is 12.4 Å². The van der Waals surface area contributed by atoms with Gasteiger partial charge in [0.15, 0.2) is 23.0 Å². The summed E-state index contributed by atoms with van der Waals surface area (Å²) in [6.07, 6.45) is 0. The van der Waals surface area contributed by atoms with E-state index in [2.05, 4.69) is 0 Å². The van der Waals surface area contributed by atoms with Gasteiger partial charge in [-0.2, -0.15) is 0 Å². The second kappa shape index (κ2) is 14.7. The second-order valence-electron chi connectivity index (χ2n) is 10.2. The number of carboxylic acids is 1. The minimum Gasteiger partial charge on any atom is -0.493 e. The van der Waals surface area contributed by atoms with Crippen LogP contribution in [0.5, 0.6) is 28.7 Å². The number of aromatic nitrogens is 1. The monoisotopic (exact) mass is 676 g/mol. The van der Waals surface area contributed by atoms with Crippen LogP contribution in [0.4, 0.5) is 5.69 Å². The number of anilines is 1. The molecule has 1 aromatic heterocycles. The van der Waals surface area contributed by atoms with Gasteiger partial charge >= 0.3 is 11.9 Å². The molecule has 0 saturated carbocycles. The number of esters is 1. The Hall–Kier alpha value is -5.88. The molecular weight excluding hydrogens is 644 g/mol. The summed E-state index contributed by atoms with van der Waals surface area (Å²) in [4.78, 5) is 39.6. The number of fused-ring (bicyclic) bond motifs is 1. The Kier molecular flexibility index (Phi) is 10.7. The highest BCUT2D eigenvalue weighted by atomic mass is 35.5. The van der Waals surface area contributed by atoms with Crippen molar-refractivity contribution >= 4 is 40.8 Å². The molecule has 1 heterocycles. The Morgan fingerprint density at radius 3 is 1.96 bits per heavy atom. The van der Waals surface area contributed by atoms with Gasteiger partial charge in [-0.05, 0) is 71.8 Å². The molecule has 0 aliphatic carbocycles. The Labute approximate surface area is 281 Å². The summed E-state index contributed by atoms with van der Waals surface area (Å²) in [5.74, 6) is -0.446. The number of hydrogen-bond donors (Lipinski definition) is 2. The molecule has 5 aromatic rings. The van der Waals surface area contributed by atoms with Gasteiger partial charge in [-0.25, -0.2) is 9.59 Å². The van der Waals surface area contributed by atoms with E-state index in [1.165, 1.54) is 58.3 Å². The molecule has 12 nitrogen and oxygen atoms in total. The van der Waals surface area contributed by atoms with E-state index in [-0.39, 0.29) is 47.2 Å². The lowest BCUT2D eigenvalue weighted by atomic mass is 9.95. The number of ether oxygens (including phenoxy) is 6. The highest BCUT2D eigenvalue weighted by Crippen LogP contribution is 2.45. The first-order chi connectivity index (χ1) is 22.6. The lowest BCUT2D eigenvalue weighted by molar-refractivity contribution is 0.0590. The Morgan fingerprint density at radius 2 is 1.40 bits per heavy atom. The minimum atomic E-state index is -1.07. The number of halogens is 1. The third-order valence-electron chi connectivity index (χ3n) is 7.52. The highest BCUT2D eigenvalue weighted by molar-refractivity contribution is 6.08. The summed E-state index contributed by atoms with van der Waals surface area (Å²) in [5.41, 5.74) is 7.56. The first-order valence-corrected chi connectivity index (χ1v) is 14.2. The van der Waals surface area contributed by atoms with Crippen LogP contribution < -0.4 is 35.0 Å². The van der Waals surface area contributed by atoms with Crippen LogP contribution in [0.25, 0.3) is 27.6 Å². The molecule has 0 bridgehead atoms. The number of aromatic carboxylic acids is 1. The first-order valence-electron chi connectivity index (χ1n) is 14.2. The standard InChI is InChI=1S/C35H32N2O10.ClH/c1-42-26-16-24-25(17-27(26)47-18-19-7-6-8-20(13-19)34(39)40)33(38)37(23-11-9-22(36)10-12-23)31(35(41)46-5)30(24)21-14-28(43-2)32(45-4)29(15-21)44-3;/h6-17H,18,36H2,1-5H3,(H,39,40);1H. The molecule has 48 heavy (non-hydrogen) atoms.